The van der Waals surface area contributed by atoms with Crippen molar-refractivity contribution in [3.63, 3.8) is 0 Å². The predicted octanol–water partition coefficient (Wildman–Crippen LogP) is 3.56. The molecule has 0 aliphatic rings. The molecule has 0 aromatic rings. The van der Waals surface area contributed by atoms with Crippen molar-refractivity contribution in [2.24, 2.45) is 0 Å². The van der Waals surface area contributed by atoms with Crippen molar-refractivity contribution in [2.75, 3.05) is 25.6 Å². The minimum Gasteiger partial charge on any atom is -0.327 e. The maximum absolute atomic E-state index is 13.2. The van der Waals surface area contributed by atoms with E-state index in [1.807, 2.05) is 0 Å². The predicted molar refractivity (Wildman–Crippen MR) is 67.1 cm³/mol. The van der Waals surface area contributed by atoms with Gasteiger partial charge in [0.25, 0.3) is 5.92 Å². The summed E-state index contributed by atoms with van der Waals surface area (Å²) < 4.78 is 81.2. The number of rotatable bonds is 11. The smallest absolute Gasteiger partial charge is 0.327 e. The Kier molecular flexibility index (Phi) is 9.18. The summed E-state index contributed by atoms with van der Waals surface area (Å²) in [4.78, 5) is 0. The van der Waals surface area contributed by atoms with Crippen LogP contribution in [0.25, 0.3) is 0 Å². The summed E-state index contributed by atoms with van der Waals surface area (Å²) in [5.74, 6) is -3.21. The molecule has 0 saturated heterocycles. The molecule has 0 amide bonds. The van der Waals surface area contributed by atoms with Crippen molar-refractivity contribution in [1.82, 2.24) is 0 Å². The quantitative estimate of drug-likeness (QED) is 0.269. The summed E-state index contributed by atoms with van der Waals surface area (Å²) in [6.07, 6.45) is -7.04. The van der Waals surface area contributed by atoms with Crippen LogP contribution in [0.1, 0.15) is 19.3 Å². The SMILES string of the molecule is C[PH](=O)CCC(F)(F)CCOC(F)(F)CC[PH](=O)OO. The third-order valence-corrected chi connectivity index (χ3v) is 4.16. The lowest BCUT2D eigenvalue weighted by molar-refractivity contribution is -0.245. The molecule has 0 radical (unpaired) electrons. The highest BCUT2D eigenvalue weighted by molar-refractivity contribution is 7.43. The fourth-order valence-electron chi connectivity index (χ4n) is 1.20. The second-order valence-electron chi connectivity index (χ2n) is 4.26. The molecule has 0 rings (SSSR count). The standard InChI is InChI=1S/C9H18F4O5P2/c1-19(15)6-3-8(10,11)2-5-17-9(12,13)4-7-20(16)18-14/h14,19-20H,2-7H2,1H3. The second kappa shape index (κ2) is 9.15. The summed E-state index contributed by atoms with van der Waals surface area (Å²) in [5.41, 5.74) is 0. The van der Waals surface area contributed by atoms with E-state index in [1.165, 1.54) is 6.66 Å². The molecule has 0 aliphatic heterocycles. The lowest BCUT2D eigenvalue weighted by Gasteiger charge is -2.19. The van der Waals surface area contributed by atoms with Gasteiger partial charge in [0, 0.05) is 31.6 Å². The van der Waals surface area contributed by atoms with Gasteiger partial charge in [0.15, 0.2) is 0 Å². The molecule has 1 N–H and O–H groups in total. The van der Waals surface area contributed by atoms with Crippen molar-refractivity contribution in [3.8, 4) is 0 Å². The number of halogens is 4. The number of ether oxygens (including phenoxy) is 1. The highest BCUT2D eigenvalue weighted by atomic mass is 31.1. The third-order valence-electron chi connectivity index (χ3n) is 2.35. The Morgan fingerprint density at radius 1 is 1.05 bits per heavy atom. The van der Waals surface area contributed by atoms with Crippen LogP contribution in [0.4, 0.5) is 17.6 Å². The van der Waals surface area contributed by atoms with Crippen LogP contribution in [-0.4, -0.2) is 42.9 Å². The van der Waals surface area contributed by atoms with Crippen LogP contribution in [0.2, 0.25) is 0 Å². The normalized spacial score (nSPS) is 16.1. The highest BCUT2D eigenvalue weighted by Gasteiger charge is 2.34. The molecule has 5 nitrogen and oxygen atoms in total. The van der Waals surface area contributed by atoms with Gasteiger partial charge in [-0.2, -0.15) is 13.5 Å². The van der Waals surface area contributed by atoms with Gasteiger partial charge in [0.2, 0.25) is 8.03 Å². The van der Waals surface area contributed by atoms with E-state index in [-0.39, 0.29) is 6.16 Å². The van der Waals surface area contributed by atoms with Gasteiger partial charge in [-0.25, -0.2) is 14.0 Å². The summed E-state index contributed by atoms with van der Waals surface area (Å²) in [6.45, 7) is 0.461. The van der Waals surface area contributed by atoms with Crippen LogP contribution >= 0.6 is 15.8 Å². The van der Waals surface area contributed by atoms with E-state index < -0.39 is 59.9 Å². The molecule has 0 fully saturated rings. The Bertz CT molecular complexity index is 340. The van der Waals surface area contributed by atoms with Gasteiger partial charge in [0.05, 0.1) is 14.4 Å². The van der Waals surface area contributed by atoms with Gasteiger partial charge in [-0.3, -0.25) is 4.57 Å². The molecular weight excluding hydrogens is 326 g/mol. The molecule has 0 aliphatic carbocycles. The fourth-order valence-corrected chi connectivity index (χ4v) is 2.50. The van der Waals surface area contributed by atoms with Gasteiger partial charge in [-0.05, 0) is 6.66 Å². The van der Waals surface area contributed by atoms with E-state index in [9.17, 15) is 26.7 Å². The molecule has 0 heterocycles. The third kappa shape index (κ3) is 10.8. The fraction of sp³-hybridized carbons (Fsp3) is 1.00. The molecule has 0 aromatic heterocycles. The minimum absolute atomic E-state index is 0.149. The zero-order valence-corrected chi connectivity index (χ0v) is 12.8. The van der Waals surface area contributed by atoms with Crippen LogP contribution in [0.15, 0.2) is 0 Å². The zero-order chi connectivity index (χ0) is 15.8. The molecule has 0 saturated carbocycles. The molecule has 2 unspecified atom stereocenters. The summed E-state index contributed by atoms with van der Waals surface area (Å²) >= 11 is 0. The van der Waals surface area contributed by atoms with Gasteiger partial charge in [-0.15, -0.1) is 0 Å². The average molecular weight is 344 g/mol. The monoisotopic (exact) mass is 344 g/mol. The lowest BCUT2D eigenvalue weighted by Crippen LogP contribution is -2.26. The van der Waals surface area contributed by atoms with Crippen LogP contribution in [0, 0.1) is 0 Å². The van der Waals surface area contributed by atoms with Crippen molar-refractivity contribution >= 4 is 15.8 Å². The van der Waals surface area contributed by atoms with E-state index >= 15 is 0 Å². The maximum Gasteiger partial charge on any atom is 0.356 e. The Balaban J connectivity index is 4.01. The van der Waals surface area contributed by atoms with Gasteiger partial charge < -0.3 is 9.30 Å². The number of alkyl halides is 4. The van der Waals surface area contributed by atoms with Crippen LogP contribution in [-0.2, 0) is 18.5 Å². The average Bonchev–Trinajstić information content (AvgIpc) is 2.33. The number of hydrogen-bond donors (Lipinski definition) is 1. The number of hydrogen-bond acceptors (Lipinski definition) is 5. The first-order valence-corrected chi connectivity index (χ1v) is 9.45. The Hall–Kier alpha value is 0.0600. The second-order valence-corrected chi connectivity index (χ2v) is 7.59. The summed E-state index contributed by atoms with van der Waals surface area (Å²) in [5, 5.41) is 7.94. The first-order chi connectivity index (χ1) is 9.08. The van der Waals surface area contributed by atoms with E-state index in [4.69, 9.17) is 5.26 Å². The highest BCUT2D eigenvalue weighted by Crippen LogP contribution is 2.31. The van der Waals surface area contributed by atoms with Gasteiger partial charge >= 0.3 is 6.11 Å². The molecule has 122 valence electrons. The van der Waals surface area contributed by atoms with E-state index in [0.717, 1.165) is 0 Å². The largest absolute Gasteiger partial charge is 0.356 e. The lowest BCUT2D eigenvalue weighted by atomic mass is 10.2. The molecule has 20 heavy (non-hydrogen) atoms. The van der Waals surface area contributed by atoms with Crippen molar-refractivity contribution < 1.29 is 41.4 Å². The molecule has 0 spiro atoms. The van der Waals surface area contributed by atoms with Gasteiger partial charge in [-0.1, -0.05) is 0 Å². The minimum atomic E-state index is -3.72. The Morgan fingerprint density at radius 2 is 1.65 bits per heavy atom. The first-order valence-electron chi connectivity index (χ1n) is 5.81. The van der Waals surface area contributed by atoms with Crippen molar-refractivity contribution in [2.45, 2.75) is 31.3 Å². The van der Waals surface area contributed by atoms with Crippen molar-refractivity contribution in [1.29, 1.82) is 0 Å². The summed E-state index contributed by atoms with van der Waals surface area (Å²) in [7, 11) is -4.99. The zero-order valence-electron chi connectivity index (χ0n) is 10.8. The van der Waals surface area contributed by atoms with E-state index in [2.05, 4.69) is 9.41 Å². The van der Waals surface area contributed by atoms with Crippen LogP contribution in [0.3, 0.4) is 0 Å². The van der Waals surface area contributed by atoms with Crippen molar-refractivity contribution in [3.05, 3.63) is 0 Å². The Morgan fingerprint density at radius 3 is 2.15 bits per heavy atom. The van der Waals surface area contributed by atoms with E-state index in [0.29, 0.717) is 0 Å². The Labute approximate surface area is 115 Å². The van der Waals surface area contributed by atoms with E-state index in [1.54, 1.807) is 0 Å². The molecule has 0 bridgehead atoms. The van der Waals surface area contributed by atoms with Gasteiger partial charge in [0.1, 0.15) is 0 Å². The topological polar surface area (TPSA) is 72.8 Å². The van der Waals surface area contributed by atoms with Crippen LogP contribution in [0.5, 0.6) is 0 Å². The molecular formula is C9H18F4O5P2. The first kappa shape index (κ1) is 20.1. The molecule has 11 heteroatoms. The maximum atomic E-state index is 13.2. The molecule has 2 atom stereocenters. The van der Waals surface area contributed by atoms with Crippen LogP contribution < -0.4 is 0 Å². The summed E-state index contributed by atoms with van der Waals surface area (Å²) in [6, 6.07) is 0. The molecule has 0 aromatic carbocycles.